The molecule has 0 aliphatic heterocycles. The molecule has 0 saturated carbocycles. The Morgan fingerprint density at radius 3 is 2.65 bits per heavy atom. The van der Waals surface area contributed by atoms with Crippen molar-refractivity contribution in [1.29, 1.82) is 0 Å². The summed E-state index contributed by atoms with van der Waals surface area (Å²) in [5.74, 6) is -0.149. The SMILES string of the molecule is CN[C@@H](CCCCN(O)/C(C)=N/O)C(=O)OC. The fourth-order valence-electron chi connectivity index (χ4n) is 1.35. The fraction of sp³-hybridized carbons (Fsp3) is 0.800. The number of carbonyl (C=O) groups excluding carboxylic acids is 1. The van der Waals surface area contributed by atoms with Crippen LogP contribution in [0.1, 0.15) is 26.2 Å². The molecule has 0 unspecified atom stereocenters. The topological polar surface area (TPSA) is 94.4 Å². The molecule has 100 valence electrons. The molecule has 17 heavy (non-hydrogen) atoms. The van der Waals surface area contributed by atoms with E-state index in [4.69, 9.17) is 5.21 Å². The van der Waals surface area contributed by atoms with E-state index in [9.17, 15) is 10.0 Å². The van der Waals surface area contributed by atoms with Crippen molar-refractivity contribution >= 4 is 11.8 Å². The minimum absolute atomic E-state index is 0.142. The molecule has 0 aromatic carbocycles. The van der Waals surface area contributed by atoms with Gasteiger partial charge in [-0.2, -0.15) is 0 Å². The molecule has 0 bridgehead atoms. The van der Waals surface area contributed by atoms with Gasteiger partial charge in [0.2, 0.25) is 0 Å². The predicted octanol–water partition coefficient (Wildman–Crippen LogP) is 0.417. The highest BCUT2D eigenvalue weighted by atomic mass is 16.5. The van der Waals surface area contributed by atoms with Crippen molar-refractivity contribution in [1.82, 2.24) is 10.4 Å². The number of ether oxygens (including phenoxy) is 1. The molecular weight excluding hydrogens is 226 g/mol. The lowest BCUT2D eigenvalue weighted by molar-refractivity contribution is -0.143. The number of nitrogens with zero attached hydrogens (tertiary/aromatic N) is 2. The van der Waals surface area contributed by atoms with Crippen LogP contribution in [0.4, 0.5) is 0 Å². The van der Waals surface area contributed by atoms with Gasteiger partial charge in [0, 0.05) is 6.54 Å². The van der Waals surface area contributed by atoms with E-state index in [1.54, 1.807) is 7.05 Å². The zero-order chi connectivity index (χ0) is 13.3. The van der Waals surface area contributed by atoms with Crippen LogP contribution in [0, 0.1) is 0 Å². The van der Waals surface area contributed by atoms with Crippen LogP contribution in [-0.2, 0) is 9.53 Å². The summed E-state index contributed by atoms with van der Waals surface area (Å²) in [7, 11) is 3.05. The first-order valence-corrected chi connectivity index (χ1v) is 5.47. The lowest BCUT2D eigenvalue weighted by Crippen LogP contribution is -2.35. The zero-order valence-corrected chi connectivity index (χ0v) is 10.5. The Kier molecular flexibility index (Phi) is 8.08. The van der Waals surface area contributed by atoms with Crippen molar-refractivity contribution < 1.29 is 19.9 Å². The lowest BCUT2D eigenvalue weighted by atomic mass is 10.1. The molecule has 0 radical (unpaired) electrons. The summed E-state index contributed by atoms with van der Waals surface area (Å²) in [6.07, 6.45) is 2.06. The third kappa shape index (κ3) is 6.08. The van der Waals surface area contributed by atoms with Crippen LogP contribution in [0.25, 0.3) is 0 Å². The largest absolute Gasteiger partial charge is 0.468 e. The molecular formula is C10H21N3O4. The number of oxime groups is 1. The number of methoxy groups -OCH3 is 1. The van der Waals surface area contributed by atoms with Crippen molar-refractivity contribution in [2.75, 3.05) is 20.7 Å². The molecule has 3 N–H and O–H groups in total. The molecule has 0 amide bonds. The molecule has 1 atom stereocenters. The smallest absolute Gasteiger partial charge is 0.322 e. The average Bonchev–Trinajstić information content (AvgIpc) is 2.36. The van der Waals surface area contributed by atoms with Crippen molar-refractivity contribution in [3.8, 4) is 0 Å². The number of likely N-dealkylation sites (N-methyl/N-ethyl adjacent to an activating group) is 1. The fourth-order valence-corrected chi connectivity index (χ4v) is 1.35. The third-order valence-corrected chi connectivity index (χ3v) is 2.47. The van der Waals surface area contributed by atoms with Crippen LogP contribution in [0.2, 0.25) is 0 Å². The standard InChI is InChI=1S/C10H21N3O4/c1-8(12-15)13(16)7-5-4-6-9(11-2)10(14)17-3/h9,11,15-16H,4-7H2,1-3H3/b12-8+/t9-/m0/s1. The molecule has 7 heteroatoms. The highest BCUT2D eigenvalue weighted by Crippen LogP contribution is 2.03. The van der Waals surface area contributed by atoms with Crippen LogP contribution in [-0.4, -0.2) is 54.0 Å². The molecule has 0 heterocycles. The van der Waals surface area contributed by atoms with Gasteiger partial charge in [0.1, 0.15) is 6.04 Å². The lowest BCUT2D eigenvalue weighted by Gasteiger charge is -2.16. The van der Waals surface area contributed by atoms with Gasteiger partial charge in [-0.25, -0.2) is 5.06 Å². The van der Waals surface area contributed by atoms with E-state index in [1.165, 1.54) is 14.0 Å². The monoisotopic (exact) mass is 247 g/mol. The van der Waals surface area contributed by atoms with Gasteiger partial charge in [-0.15, -0.1) is 0 Å². The maximum Gasteiger partial charge on any atom is 0.322 e. The first kappa shape index (κ1) is 15.7. The van der Waals surface area contributed by atoms with Gasteiger partial charge in [-0.1, -0.05) is 5.16 Å². The van der Waals surface area contributed by atoms with Crippen LogP contribution in [0.15, 0.2) is 5.16 Å². The minimum atomic E-state index is -0.320. The number of carbonyl (C=O) groups is 1. The first-order chi connectivity index (χ1) is 8.06. The van der Waals surface area contributed by atoms with E-state index in [2.05, 4.69) is 15.2 Å². The van der Waals surface area contributed by atoms with Crippen LogP contribution in [0.5, 0.6) is 0 Å². The van der Waals surface area contributed by atoms with Gasteiger partial charge in [0.05, 0.1) is 7.11 Å². The molecule has 0 aromatic heterocycles. The molecule has 0 saturated heterocycles. The second-order valence-electron chi connectivity index (χ2n) is 3.63. The zero-order valence-electron chi connectivity index (χ0n) is 10.5. The van der Waals surface area contributed by atoms with E-state index in [1.807, 2.05) is 0 Å². The number of esters is 1. The van der Waals surface area contributed by atoms with E-state index >= 15 is 0 Å². The third-order valence-electron chi connectivity index (χ3n) is 2.47. The Hall–Kier alpha value is -1.34. The Labute approximate surface area is 101 Å². The van der Waals surface area contributed by atoms with E-state index in [-0.39, 0.29) is 17.8 Å². The van der Waals surface area contributed by atoms with Gasteiger partial charge < -0.3 is 15.3 Å². The van der Waals surface area contributed by atoms with Crippen LogP contribution in [0.3, 0.4) is 0 Å². The van der Waals surface area contributed by atoms with Gasteiger partial charge in [0.25, 0.3) is 0 Å². The molecule has 0 fully saturated rings. The quantitative estimate of drug-likeness (QED) is 0.151. The minimum Gasteiger partial charge on any atom is -0.468 e. The summed E-state index contributed by atoms with van der Waals surface area (Å²) in [6, 6.07) is -0.320. The number of unbranched alkanes of at least 4 members (excludes halogenated alkanes) is 1. The predicted molar refractivity (Wildman–Crippen MR) is 62.1 cm³/mol. The number of hydroxylamine groups is 2. The highest BCUT2D eigenvalue weighted by molar-refractivity contribution is 5.77. The van der Waals surface area contributed by atoms with E-state index < -0.39 is 0 Å². The summed E-state index contributed by atoms with van der Waals surface area (Å²) in [5.41, 5.74) is 0. The summed E-state index contributed by atoms with van der Waals surface area (Å²) < 4.78 is 4.62. The highest BCUT2D eigenvalue weighted by Gasteiger charge is 2.16. The van der Waals surface area contributed by atoms with E-state index in [0.717, 1.165) is 11.5 Å². The maximum atomic E-state index is 11.2. The molecule has 0 rings (SSSR count). The maximum absolute atomic E-state index is 11.2. The average molecular weight is 247 g/mol. The van der Waals surface area contributed by atoms with Gasteiger partial charge >= 0.3 is 5.97 Å². The van der Waals surface area contributed by atoms with Crippen molar-refractivity contribution in [2.45, 2.75) is 32.2 Å². The Balaban J connectivity index is 3.80. The first-order valence-electron chi connectivity index (χ1n) is 5.47. The Bertz CT molecular complexity index is 258. The number of amidine groups is 1. The van der Waals surface area contributed by atoms with Crippen molar-refractivity contribution in [2.24, 2.45) is 5.16 Å². The van der Waals surface area contributed by atoms with E-state index in [0.29, 0.717) is 19.4 Å². The Morgan fingerprint density at radius 2 is 2.18 bits per heavy atom. The summed E-state index contributed by atoms with van der Waals surface area (Å²) >= 11 is 0. The summed E-state index contributed by atoms with van der Waals surface area (Å²) in [4.78, 5) is 11.2. The van der Waals surface area contributed by atoms with Gasteiger partial charge in [0.15, 0.2) is 5.84 Å². The number of hydrogen-bond donors (Lipinski definition) is 3. The molecule has 0 aliphatic carbocycles. The number of nitrogens with one attached hydrogen (secondary N) is 1. The molecule has 0 aromatic rings. The normalized spacial score (nSPS) is 13.3. The summed E-state index contributed by atoms with van der Waals surface area (Å²) in [5, 5.41) is 24.3. The van der Waals surface area contributed by atoms with Crippen molar-refractivity contribution in [3.63, 3.8) is 0 Å². The Morgan fingerprint density at radius 1 is 1.53 bits per heavy atom. The van der Waals surface area contributed by atoms with Crippen molar-refractivity contribution in [3.05, 3.63) is 0 Å². The van der Waals surface area contributed by atoms with Gasteiger partial charge in [-0.3, -0.25) is 10.0 Å². The number of rotatable bonds is 7. The van der Waals surface area contributed by atoms with Crippen LogP contribution < -0.4 is 5.32 Å². The second-order valence-corrected chi connectivity index (χ2v) is 3.63. The number of hydrogen-bond acceptors (Lipinski definition) is 6. The molecule has 0 spiro atoms. The second kappa shape index (κ2) is 8.77. The van der Waals surface area contributed by atoms with Crippen LogP contribution >= 0.6 is 0 Å². The molecule has 0 aliphatic rings. The van der Waals surface area contributed by atoms with Gasteiger partial charge in [-0.05, 0) is 33.2 Å². The summed E-state index contributed by atoms with van der Waals surface area (Å²) in [6.45, 7) is 1.85. The molecule has 7 nitrogen and oxygen atoms in total.